The van der Waals surface area contributed by atoms with Crippen molar-refractivity contribution in [1.29, 1.82) is 0 Å². The molecule has 0 aliphatic rings. The van der Waals surface area contributed by atoms with Crippen LogP contribution in [0.4, 0.5) is 0 Å². The van der Waals surface area contributed by atoms with Crippen molar-refractivity contribution in [3.8, 4) is 0 Å². The molecule has 1 unspecified atom stereocenters. The third-order valence-electron chi connectivity index (χ3n) is 2.07. The maximum Gasteiger partial charge on any atom is 0.323 e. The number of carbonyl (C=O) groups is 1. The van der Waals surface area contributed by atoms with Crippen LogP contribution in [-0.2, 0) is 0 Å². The summed E-state index contributed by atoms with van der Waals surface area (Å²) in [6.07, 6.45) is 1.31. The smallest absolute Gasteiger partial charge is 0.323 e. The van der Waals surface area contributed by atoms with Gasteiger partial charge in [0.2, 0.25) is 0 Å². The lowest BCUT2D eigenvalue weighted by Crippen LogP contribution is -2.37. The summed E-state index contributed by atoms with van der Waals surface area (Å²) < 4.78 is 0. The van der Waals surface area contributed by atoms with Crippen LogP contribution in [-0.4, -0.2) is 45.6 Å². The van der Waals surface area contributed by atoms with Crippen LogP contribution in [0.1, 0.15) is 17.4 Å². The van der Waals surface area contributed by atoms with Crippen molar-refractivity contribution in [2.45, 2.75) is 13.0 Å². The summed E-state index contributed by atoms with van der Waals surface area (Å²) in [7, 11) is 1.56. The molecule has 1 aromatic heterocycles. The average Bonchev–Trinajstić information content (AvgIpc) is 2.61. The normalized spacial score (nSPS) is 12.5. The molecule has 0 fully saturated rings. The van der Waals surface area contributed by atoms with Crippen LogP contribution in [0.25, 0.3) is 0 Å². The van der Waals surface area contributed by atoms with Gasteiger partial charge in [-0.1, -0.05) is 0 Å². The van der Waals surface area contributed by atoms with Gasteiger partial charge in [-0.25, -0.2) is 4.79 Å². The van der Waals surface area contributed by atoms with Crippen molar-refractivity contribution in [2.24, 2.45) is 0 Å². The number of hydrogen-bond donors (Lipinski definition) is 3. The highest BCUT2D eigenvalue weighted by Crippen LogP contribution is 2.00. The maximum absolute atomic E-state index is 11.6. The van der Waals surface area contributed by atoms with E-state index in [1.54, 1.807) is 14.0 Å². The fourth-order valence-electron chi connectivity index (χ4n) is 0.960. The van der Waals surface area contributed by atoms with Gasteiger partial charge in [0, 0.05) is 13.2 Å². The Morgan fingerprint density at radius 2 is 2.36 bits per heavy atom. The number of nitrogens with one attached hydrogen (secondary N) is 2. The topological polar surface area (TPSA) is 89.2 Å². The number of aromatic amines is 2. The van der Waals surface area contributed by atoms with Gasteiger partial charge < -0.3 is 20.0 Å². The minimum atomic E-state index is -0.418. The Balaban J connectivity index is 2.80. The lowest BCUT2D eigenvalue weighted by molar-refractivity contribution is 0.0677. The van der Waals surface area contributed by atoms with E-state index in [-0.39, 0.29) is 24.2 Å². The third-order valence-corrected chi connectivity index (χ3v) is 2.07. The zero-order valence-corrected chi connectivity index (χ0v) is 8.07. The fraction of sp³-hybridized carbons (Fsp3) is 0.500. The quantitative estimate of drug-likeness (QED) is 0.592. The molecule has 78 valence electrons. The molecule has 0 aliphatic carbocycles. The Hall–Kier alpha value is -1.56. The Morgan fingerprint density at radius 3 is 2.79 bits per heavy atom. The number of nitrogens with zero attached hydrogens (tertiary/aromatic N) is 1. The molecule has 6 nitrogen and oxygen atoms in total. The number of aromatic nitrogens is 2. The van der Waals surface area contributed by atoms with E-state index < -0.39 is 5.69 Å². The Labute approximate surface area is 80.6 Å². The summed E-state index contributed by atoms with van der Waals surface area (Å²) in [6.45, 7) is 1.60. The van der Waals surface area contributed by atoms with E-state index in [1.165, 1.54) is 11.1 Å². The van der Waals surface area contributed by atoms with Crippen molar-refractivity contribution in [1.82, 2.24) is 14.9 Å². The molecule has 0 aromatic carbocycles. The predicted molar refractivity (Wildman–Crippen MR) is 50.1 cm³/mol. The molecule has 0 radical (unpaired) electrons. The highest BCUT2D eigenvalue weighted by Gasteiger charge is 2.17. The minimum absolute atomic E-state index is 0.114. The number of carbonyl (C=O) groups excluding carboxylic acids is 1. The summed E-state index contributed by atoms with van der Waals surface area (Å²) in [5.74, 6) is -0.329. The first-order chi connectivity index (χ1) is 6.56. The number of imidazole rings is 1. The monoisotopic (exact) mass is 199 g/mol. The molecule has 1 atom stereocenters. The van der Waals surface area contributed by atoms with Crippen molar-refractivity contribution in [3.63, 3.8) is 0 Å². The molecular formula is C8H13N3O3. The summed E-state index contributed by atoms with van der Waals surface area (Å²) in [4.78, 5) is 28.4. The summed E-state index contributed by atoms with van der Waals surface area (Å²) in [5.41, 5.74) is -0.226. The molecule has 14 heavy (non-hydrogen) atoms. The van der Waals surface area contributed by atoms with Crippen molar-refractivity contribution in [2.75, 3.05) is 13.7 Å². The number of aliphatic hydroxyl groups is 1. The number of likely N-dealkylation sites (N-methyl/N-ethyl adjacent to an activating group) is 1. The zero-order chi connectivity index (χ0) is 10.7. The van der Waals surface area contributed by atoms with E-state index in [9.17, 15) is 9.59 Å². The highest BCUT2D eigenvalue weighted by atomic mass is 16.3. The Bertz CT molecular complexity index is 368. The van der Waals surface area contributed by atoms with Crippen LogP contribution in [0.2, 0.25) is 0 Å². The molecule has 3 N–H and O–H groups in total. The molecule has 6 heteroatoms. The molecule has 0 saturated carbocycles. The molecule has 1 aromatic rings. The largest absolute Gasteiger partial charge is 0.394 e. The Kier molecular flexibility index (Phi) is 3.08. The van der Waals surface area contributed by atoms with E-state index in [4.69, 9.17) is 5.11 Å². The SMILES string of the molecule is CC(CO)N(C)C(=O)c1c[nH]c(=O)[nH]1. The van der Waals surface area contributed by atoms with Gasteiger partial charge in [-0.15, -0.1) is 0 Å². The van der Waals surface area contributed by atoms with E-state index in [0.717, 1.165) is 0 Å². The molecule has 1 rings (SSSR count). The van der Waals surface area contributed by atoms with Gasteiger partial charge in [-0.05, 0) is 6.92 Å². The lowest BCUT2D eigenvalue weighted by Gasteiger charge is -2.22. The highest BCUT2D eigenvalue weighted by molar-refractivity contribution is 5.92. The molecular weight excluding hydrogens is 186 g/mol. The van der Waals surface area contributed by atoms with Crippen LogP contribution in [0.15, 0.2) is 11.0 Å². The summed E-state index contributed by atoms with van der Waals surface area (Å²) in [6, 6.07) is -0.277. The molecule has 0 spiro atoms. The number of hydrogen-bond acceptors (Lipinski definition) is 3. The van der Waals surface area contributed by atoms with Crippen LogP contribution in [0, 0.1) is 0 Å². The van der Waals surface area contributed by atoms with Gasteiger partial charge >= 0.3 is 5.69 Å². The Morgan fingerprint density at radius 1 is 1.71 bits per heavy atom. The molecule has 0 aliphatic heterocycles. The maximum atomic E-state index is 11.6. The van der Waals surface area contributed by atoms with E-state index in [0.29, 0.717) is 0 Å². The van der Waals surface area contributed by atoms with Crippen LogP contribution >= 0.6 is 0 Å². The van der Waals surface area contributed by atoms with E-state index in [2.05, 4.69) is 9.97 Å². The molecule has 0 bridgehead atoms. The predicted octanol–water partition coefficient (Wildman–Crippen LogP) is -0.844. The van der Waals surface area contributed by atoms with Crippen molar-refractivity contribution in [3.05, 3.63) is 22.4 Å². The standard InChI is InChI=1S/C8H13N3O3/c1-5(4-12)11(2)7(13)6-3-9-8(14)10-6/h3,5,12H,4H2,1-2H3,(H2,9,10,14). The van der Waals surface area contributed by atoms with Gasteiger partial charge in [0.05, 0.1) is 12.6 Å². The second-order valence-electron chi connectivity index (χ2n) is 3.10. The van der Waals surface area contributed by atoms with E-state index in [1.807, 2.05) is 0 Å². The molecule has 1 heterocycles. The fourth-order valence-corrected chi connectivity index (χ4v) is 0.960. The molecule has 1 amide bonds. The van der Waals surface area contributed by atoms with Crippen LogP contribution < -0.4 is 5.69 Å². The third kappa shape index (κ3) is 2.02. The van der Waals surface area contributed by atoms with Crippen molar-refractivity contribution < 1.29 is 9.90 Å². The van der Waals surface area contributed by atoms with Gasteiger partial charge in [-0.2, -0.15) is 0 Å². The lowest BCUT2D eigenvalue weighted by atomic mass is 10.3. The number of H-pyrrole nitrogens is 2. The second-order valence-corrected chi connectivity index (χ2v) is 3.10. The van der Waals surface area contributed by atoms with E-state index >= 15 is 0 Å². The van der Waals surface area contributed by atoms with Crippen molar-refractivity contribution >= 4 is 5.91 Å². The number of rotatable bonds is 3. The number of aliphatic hydroxyl groups excluding tert-OH is 1. The minimum Gasteiger partial charge on any atom is -0.394 e. The van der Waals surface area contributed by atoms with Crippen LogP contribution in [0.5, 0.6) is 0 Å². The second kappa shape index (κ2) is 4.10. The first-order valence-electron chi connectivity index (χ1n) is 4.22. The van der Waals surface area contributed by atoms with Gasteiger partial charge in [0.1, 0.15) is 5.69 Å². The van der Waals surface area contributed by atoms with Gasteiger partial charge in [0.25, 0.3) is 5.91 Å². The number of amides is 1. The average molecular weight is 199 g/mol. The van der Waals surface area contributed by atoms with Gasteiger partial charge in [-0.3, -0.25) is 4.79 Å². The van der Waals surface area contributed by atoms with Crippen LogP contribution in [0.3, 0.4) is 0 Å². The van der Waals surface area contributed by atoms with Gasteiger partial charge in [0.15, 0.2) is 0 Å². The zero-order valence-electron chi connectivity index (χ0n) is 8.07. The summed E-state index contributed by atoms with van der Waals surface area (Å²) in [5, 5.41) is 8.83. The first-order valence-corrected chi connectivity index (χ1v) is 4.22. The molecule has 0 saturated heterocycles. The first kappa shape index (κ1) is 10.5. The summed E-state index contributed by atoms with van der Waals surface area (Å²) >= 11 is 0.